The quantitative estimate of drug-likeness (QED) is 0.0262. The second-order valence-corrected chi connectivity index (χ2v) is 17.0. The standard InChI is InChI=1S/C59H96O6/c1-4-7-10-13-16-19-22-25-28-29-32-34-37-40-43-46-49-52-58(61)64-55-56(65-59(62)53-50-47-44-41-38-35-31-27-24-21-18-15-12-9-6-3)54-63-57(60)51-48-45-42-39-36-33-30-26-23-20-17-14-11-8-5-2/h7,9-10,12,16-21,25-28,30-31,38,41,56H,4-6,8,11,13-15,22-24,29,32-37,39-40,42-55H2,1-3H3/b10-7-,12-9-,19-16-,20-17-,21-18-,28-25-,30-26-,31-27-,41-38-. The predicted octanol–water partition coefficient (Wildman–Crippen LogP) is 17.5. The highest BCUT2D eigenvalue weighted by atomic mass is 16.6. The third-order valence-corrected chi connectivity index (χ3v) is 10.7. The fourth-order valence-corrected chi connectivity index (χ4v) is 6.83. The summed E-state index contributed by atoms with van der Waals surface area (Å²) in [7, 11) is 0. The van der Waals surface area contributed by atoms with E-state index in [1.807, 2.05) is 0 Å². The fourth-order valence-electron chi connectivity index (χ4n) is 6.83. The van der Waals surface area contributed by atoms with Crippen LogP contribution in [0.5, 0.6) is 0 Å². The van der Waals surface area contributed by atoms with E-state index in [0.29, 0.717) is 19.3 Å². The molecule has 0 saturated heterocycles. The summed E-state index contributed by atoms with van der Waals surface area (Å²) >= 11 is 0. The third-order valence-electron chi connectivity index (χ3n) is 10.7. The zero-order valence-corrected chi connectivity index (χ0v) is 42.0. The Morgan fingerprint density at radius 2 is 0.600 bits per heavy atom. The summed E-state index contributed by atoms with van der Waals surface area (Å²) in [4.78, 5) is 38.0. The van der Waals surface area contributed by atoms with Gasteiger partial charge in [0.1, 0.15) is 13.2 Å². The van der Waals surface area contributed by atoms with E-state index in [2.05, 4.69) is 130 Å². The summed E-state index contributed by atoms with van der Waals surface area (Å²) in [5.74, 6) is -0.976. The van der Waals surface area contributed by atoms with E-state index in [9.17, 15) is 14.4 Å². The third kappa shape index (κ3) is 50.9. The van der Waals surface area contributed by atoms with Crippen LogP contribution in [0.2, 0.25) is 0 Å². The molecule has 0 aromatic rings. The van der Waals surface area contributed by atoms with Crippen molar-refractivity contribution in [2.45, 2.75) is 232 Å². The number of carbonyl (C=O) groups excluding carboxylic acids is 3. The van der Waals surface area contributed by atoms with Crippen LogP contribution >= 0.6 is 0 Å². The Morgan fingerprint density at radius 1 is 0.323 bits per heavy atom. The molecule has 0 aliphatic carbocycles. The lowest BCUT2D eigenvalue weighted by Crippen LogP contribution is -2.30. The molecule has 0 aromatic heterocycles. The first-order valence-corrected chi connectivity index (χ1v) is 26.4. The van der Waals surface area contributed by atoms with Crippen LogP contribution in [0.15, 0.2) is 109 Å². The van der Waals surface area contributed by atoms with Crippen LogP contribution < -0.4 is 0 Å². The largest absolute Gasteiger partial charge is 0.462 e. The fraction of sp³-hybridized carbons (Fsp3) is 0.644. The number of hydrogen-bond donors (Lipinski definition) is 0. The van der Waals surface area contributed by atoms with Gasteiger partial charge in [0, 0.05) is 19.3 Å². The predicted molar refractivity (Wildman–Crippen MR) is 279 cm³/mol. The van der Waals surface area contributed by atoms with Crippen molar-refractivity contribution in [1.29, 1.82) is 0 Å². The molecule has 0 aromatic carbocycles. The lowest BCUT2D eigenvalue weighted by Gasteiger charge is -2.18. The van der Waals surface area contributed by atoms with E-state index < -0.39 is 6.10 Å². The van der Waals surface area contributed by atoms with E-state index in [1.54, 1.807) is 0 Å². The van der Waals surface area contributed by atoms with Crippen LogP contribution in [0.4, 0.5) is 0 Å². The molecule has 0 bridgehead atoms. The van der Waals surface area contributed by atoms with Crippen molar-refractivity contribution in [2.75, 3.05) is 13.2 Å². The molecule has 6 nitrogen and oxygen atoms in total. The molecule has 0 radical (unpaired) electrons. The molecule has 0 heterocycles. The normalized spacial score (nSPS) is 13.0. The summed E-state index contributed by atoms with van der Waals surface area (Å²) in [6.45, 7) is 6.32. The van der Waals surface area contributed by atoms with Gasteiger partial charge in [-0.25, -0.2) is 0 Å². The van der Waals surface area contributed by atoms with Crippen LogP contribution in [0.1, 0.15) is 226 Å². The van der Waals surface area contributed by atoms with Gasteiger partial charge in [0.2, 0.25) is 0 Å². The Labute approximate surface area is 400 Å². The Balaban J connectivity index is 4.50. The Kier molecular flexibility index (Phi) is 49.5. The van der Waals surface area contributed by atoms with Crippen molar-refractivity contribution in [2.24, 2.45) is 0 Å². The van der Waals surface area contributed by atoms with Gasteiger partial charge in [0.05, 0.1) is 0 Å². The van der Waals surface area contributed by atoms with Gasteiger partial charge >= 0.3 is 17.9 Å². The zero-order valence-electron chi connectivity index (χ0n) is 42.0. The second-order valence-electron chi connectivity index (χ2n) is 17.0. The lowest BCUT2D eigenvalue weighted by atomic mass is 10.1. The Morgan fingerprint density at radius 3 is 0.969 bits per heavy atom. The number of esters is 3. The zero-order chi connectivity index (χ0) is 47.2. The molecule has 0 aliphatic rings. The number of hydrogen-bond acceptors (Lipinski definition) is 6. The van der Waals surface area contributed by atoms with Crippen molar-refractivity contribution in [3.05, 3.63) is 109 Å². The van der Waals surface area contributed by atoms with Gasteiger partial charge in [0.15, 0.2) is 6.10 Å². The molecule has 0 saturated carbocycles. The topological polar surface area (TPSA) is 78.9 Å². The van der Waals surface area contributed by atoms with Crippen LogP contribution in [-0.2, 0) is 28.6 Å². The van der Waals surface area contributed by atoms with E-state index in [0.717, 1.165) is 128 Å². The molecule has 6 heteroatoms. The van der Waals surface area contributed by atoms with Gasteiger partial charge in [-0.2, -0.15) is 0 Å². The van der Waals surface area contributed by atoms with Gasteiger partial charge in [0.25, 0.3) is 0 Å². The molecule has 1 unspecified atom stereocenters. The summed E-state index contributed by atoms with van der Waals surface area (Å²) in [6, 6.07) is 0. The average molecular weight is 901 g/mol. The van der Waals surface area contributed by atoms with Gasteiger partial charge in [-0.05, 0) is 122 Å². The van der Waals surface area contributed by atoms with Gasteiger partial charge in [-0.3, -0.25) is 14.4 Å². The van der Waals surface area contributed by atoms with Gasteiger partial charge in [-0.1, -0.05) is 194 Å². The molecular weight excluding hydrogens is 805 g/mol. The maximum Gasteiger partial charge on any atom is 0.306 e. The number of unbranched alkanes of at least 4 members (excludes halogenated alkanes) is 17. The maximum absolute atomic E-state index is 12.8. The first kappa shape index (κ1) is 61.1. The summed E-state index contributed by atoms with van der Waals surface area (Å²) in [6.07, 6.45) is 70.7. The van der Waals surface area contributed by atoms with Crippen molar-refractivity contribution in [3.8, 4) is 0 Å². The highest BCUT2D eigenvalue weighted by Crippen LogP contribution is 2.13. The van der Waals surface area contributed by atoms with Crippen LogP contribution in [-0.4, -0.2) is 37.2 Å². The summed E-state index contributed by atoms with van der Waals surface area (Å²) in [5.41, 5.74) is 0. The van der Waals surface area contributed by atoms with Crippen molar-refractivity contribution in [1.82, 2.24) is 0 Å². The number of rotatable bonds is 46. The van der Waals surface area contributed by atoms with Crippen LogP contribution in [0.25, 0.3) is 0 Å². The van der Waals surface area contributed by atoms with E-state index in [4.69, 9.17) is 14.2 Å². The second kappa shape index (κ2) is 52.7. The molecule has 65 heavy (non-hydrogen) atoms. The monoisotopic (exact) mass is 901 g/mol. The minimum absolute atomic E-state index is 0.107. The SMILES string of the molecule is CC/C=C\C/C=C\C/C=C\C/C=C\CCCCC(=O)OC(COC(=O)CCCCCCC/C=C\C/C=C\CCCCC)COC(=O)CCCCCCCCC/C=C\C/C=C\C/C=C\CC. The number of allylic oxidation sites excluding steroid dienone is 18. The van der Waals surface area contributed by atoms with Crippen molar-refractivity contribution < 1.29 is 28.6 Å². The molecule has 0 rings (SSSR count). The van der Waals surface area contributed by atoms with Gasteiger partial charge < -0.3 is 14.2 Å². The highest BCUT2D eigenvalue weighted by Gasteiger charge is 2.19. The summed E-state index contributed by atoms with van der Waals surface area (Å²) in [5, 5.41) is 0. The molecular formula is C59H96O6. The highest BCUT2D eigenvalue weighted by molar-refractivity contribution is 5.71. The molecule has 0 fully saturated rings. The van der Waals surface area contributed by atoms with Crippen LogP contribution in [0.3, 0.4) is 0 Å². The first-order valence-electron chi connectivity index (χ1n) is 26.4. The number of carbonyl (C=O) groups is 3. The molecule has 0 spiro atoms. The Hall–Kier alpha value is -3.93. The number of ether oxygens (including phenoxy) is 3. The first-order chi connectivity index (χ1) is 32.0. The average Bonchev–Trinajstić information content (AvgIpc) is 3.30. The molecule has 0 amide bonds. The maximum atomic E-state index is 12.8. The van der Waals surface area contributed by atoms with Crippen LogP contribution in [0, 0.1) is 0 Å². The molecule has 368 valence electrons. The van der Waals surface area contributed by atoms with Gasteiger partial charge in [-0.15, -0.1) is 0 Å². The smallest absolute Gasteiger partial charge is 0.306 e. The Bertz CT molecular complexity index is 1360. The molecule has 1 atom stereocenters. The minimum atomic E-state index is -0.811. The summed E-state index contributed by atoms with van der Waals surface area (Å²) < 4.78 is 16.8. The van der Waals surface area contributed by atoms with E-state index in [-0.39, 0.29) is 37.5 Å². The lowest BCUT2D eigenvalue weighted by molar-refractivity contribution is -0.167. The molecule has 0 aliphatic heterocycles. The minimum Gasteiger partial charge on any atom is -0.462 e. The van der Waals surface area contributed by atoms with E-state index >= 15 is 0 Å². The van der Waals surface area contributed by atoms with Crippen molar-refractivity contribution >= 4 is 17.9 Å². The molecule has 0 N–H and O–H groups in total. The van der Waals surface area contributed by atoms with Crippen molar-refractivity contribution in [3.63, 3.8) is 0 Å². The van der Waals surface area contributed by atoms with E-state index in [1.165, 1.54) is 51.4 Å².